The quantitative estimate of drug-likeness (QED) is 0.676. The first-order valence-corrected chi connectivity index (χ1v) is 8.36. The van der Waals surface area contributed by atoms with E-state index in [1.54, 1.807) is 6.07 Å². The second-order valence-electron chi connectivity index (χ2n) is 6.00. The van der Waals surface area contributed by atoms with E-state index in [2.05, 4.69) is 29.6 Å². The molecule has 1 heterocycles. The monoisotopic (exact) mass is 340 g/mol. The highest BCUT2D eigenvalue weighted by Crippen LogP contribution is 2.51. The number of para-hydroxylation sites is 1. The van der Waals surface area contributed by atoms with Gasteiger partial charge in [0.05, 0.1) is 27.3 Å². The Hall–Kier alpha value is -1.95. The molecule has 0 radical (unpaired) electrons. The maximum Gasteiger partial charge on any atom is 0.101 e. The van der Waals surface area contributed by atoms with E-state index in [4.69, 9.17) is 23.2 Å². The molecule has 23 heavy (non-hydrogen) atoms. The van der Waals surface area contributed by atoms with Gasteiger partial charge in [0.25, 0.3) is 0 Å². The summed E-state index contributed by atoms with van der Waals surface area (Å²) >= 11 is 12.7. The summed E-state index contributed by atoms with van der Waals surface area (Å²) < 4.78 is 0. The molecule has 0 unspecified atom stereocenters. The van der Waals surface area contributed by atoms with Crippen LogP contribution < -0.4 is 5.32 Å². The molecule has 1 aliphatic heterocycles. The van der Waals surface area contributed by atoms with Crippen molar-refractivity contribution >= 4 is 28.9 Å². The Morgan fingerprint density at radius 1 is 1.09 bits per heavy atom. The summed E-state index contributed by atoms with van der Waals surface area (Å²) in [7, 11) is 0. The summed E-state index contributed by atoms with van der Waals surface area (Å²) in [5, 5.41) is 14.2. The van der Waals surface area contributed by atoms with E-state index in [1.807, 2.05) is 24.3 Å². The summed E-state index contributed by atoms with van der Waals surface area (Å²) in [6.45, 7) is 0. The van der Waals surface area contributed by atoms with Crippen molar-refractivity contribution < 1.29 is 0 Å². The van der Waals surface area contributed by atoms with Gasteiger partial charge in [-0.25, -0.2) is 0 Å². The van der Waals surface area contributed by atoms with Gasteiger partial charge in [-0.2, -0.15) is 5.26 Å². The van der Waals surface area contributed by atoms with Crippen LogP contribution in [0.2, 0.25) is 10.0 Å². The van der Waals surface area contributed by atoms with Gasteiger partial charge in [-0.15, -0.1) is 0 Å². The van der Waals surface area contributed by atoms with Gasteiger partial charge in [-0.1, -0.05) is 59.6 Å². The van der Waals surface area contributed by atoms with Crippen molar-refractivity contribution in [1.82, 2.24) is 0 Å². The van der Waals surface area contributed by atoms with Gasteiger partial charge in [0.15, 0.2) is 0 Å². The number of halogens is 2. The van der Waals surface area contributed by atoms with Gasteiger partial charge in [-0.3, -0.25) is 0 Å². The van der Waals surface area contributed by atoms with Gasteiger partial charge >= 0.3 is 0 Å². The Morgan fingerprint density at radius 2 is 1.87 bits per heavy atom. The van der Waals surface area contributed by atoms with Crippen LogP contribution >= 0.6 is 23.2 Å². The molecule has 0 bridgehead atoms. The van der Waals surface area contributed by atoms with Crippen molar-refractivity contribution in [2.24, 2.45) is 5.92 Å². The lowest BCUT2D eigenvalue weighted by Gasteiger charge is -2.38. The lowest BCUT2D eigenvalue weighted by molar-refractivity contribution is 0.425. The molecule has 114 valence electrons. The van der Waals surface area contributed by atoms with Gasteiger partial charge in [0.2, 0.25) is 0 Å². The van der Waals surface area contributed by atoms with Crippen molar-refractivity contribution in [3.05, 3.63) is 75.3 Å². The van der Waals surface area contributed by atoms with Crippen LogP contribution in [-0.2, 0) is 0 Å². The molecule has 4 rings (SSSR count). The van der Waals surface area contributed by atoms with Crippen LogP contribution in [0.1, 0.15) is 35.1 Å². The molecule has 2 nitrogen and oxygen atoms in total. The molecular weight excluding hydrogens is 327 g/mol. The summed E-state index contributed by atoms with van der Waals surface area (Å²) in [5.41, 5.74) is 3.78. The maximum absolute atomic E-state index is 9.43. The number of fused-ring (bicyclic) bond motifs is 3. The van der Waals surface area contributed by atoms with E-state index >= 15 is 0 Å². The van der Waals surface area contributed by atoms with E-state index in [0.717, 1.165) is 17.7 Å². The van der Waals surface area contributed by atoms with Gasteiger partial charge in [0.1, 0.15) is 6.07 Å². The van der Waals surface area contributed by atoms with Crippen LogP contribution in [0.5, 0.6) is 0 Å². The first-order chi connectivity index (χ1) is 11.2. The molecule has 0 spiro atoms. The number of anilines is 1. The fourth-order valence-electron chi connectivity index (χ4n) is 3.78. The van der Waals surface area contributed by atoms with Crippen LogP contribution in [0.15, 0.2) is 48.6 Å². The number of nitrogens with zero attached hydrogens (tertiary/aromatic N) is 1. The zero-order valence-electron chi connectivity index (χ0n) is 12.3. The lowest BCUT2D eigenvalue weighted by Crippen LogP contribution is -2.29. The number of hydrogen-bond donors (Lipinski definition) is 1. The first-order valence-electron chi connectivity index (χ1n) is 7.61. The van der Waals surface area contributed by atoms with E-state index in [0.29, 0.717) is 27.4 Å². The normalized spacial score (nSPS) is 24.5. The second kappa shape index (κ2) is 5.60. The number of nitriles is 1. The molecule has 1 N–H and O–H groups in total. The third kappa shape index (κ3) is 2.24. The molecule has 2 aromatic rings. The Labute approximate surface area is 145 Å². The van der Waals surface area contributed by atoms with Crippen molar-refractivity contribution in [1.29, 1.82) is 5.26 Å². The molecule has 0 fully saturated rings. The Balaban J connectivity index is 1.88. The number of benzene rings is 2. The molecule has 4 heteroatoms. The topological polar surface area (TPSA) is 35.8 Å². The Morgan fingerprint density at radius 3 is 2.70 bits per heavy atom. The SMILES string of the molecule is N#Cc1cccc2c1N[C@H](c1cccc(Cl)c1Cl)[C@@H]1CC=C[C@H]21. The predicted molar refractivity (Wildman–Crippen MR) is 94.0 cm³/mol. The number of nitrogens with one attached hydrogen (secondary N) is 1. The highest BCUT2D eigenvalue weighted by atomic mass is 35.5. The standard InChI is InChI=1S/C19H14Cl2N2/c20-16-9-3-8-15(17(16)21)19-14-7-2-5-12(14)13-6-1-4-11(10-22)18(13)23-19/h1-6,8-9,12,14,19,23H,7H2/t12-,14-,19+/m1/s1. The molecule has 0 amide bonds. The molecule has 3 atom stereocenters. The van der Waals surface area contributed by atoms with Crippen LogP contribution in [-0.4, -0.2) is 0 Å². The molecular formula is C19H14Cl2N2. The molecule has 0 saturated heterocycles. The first kappa shape index (κ1) is 14.6. The van der Waals surface area contributed by atoms with E-state index in [-0.39, 0.29) is 6.04 Å². The third-order valence-electron chi connectivity index (χ3n) is 4.83. The number of allylic oxidation sites excluding steroid dienone is 2. The maximum atomic E-state index is 9.43. The van der Waals surface area contributed by atoms with Crippen LogP contribution in [0.4, 0.5) is 5.69 Å². The zero-order chi connectivity index (χ0) is 16.0. The predicted octanol–water partition coefficient (Wildman–Crippen LogP) is 5.69. The minimum absolute atomic E-state index is 0.0446. The van der Waals surface area contributed by atoms with E-state index in [9.17, 15) is 5.26 Å². The molecule has 2 aromatic carbocycles. The van der Waals surface area contributed by atoms with E-state index in [1.165, 1.54) is 5.56 Å². The van der Waals surface area contributed by atoms with Gasteiger partial charge < -0.3 is 5.32 Å². The van der Waals surface area contributed by atoms with Crippen molar-refractivity contribution in [3.8, 4) is 6.07 Å². The van der Waals surface area contributed by atoms with Crippen LogP contribution in [0.3, 0.4) is 0 Å². The summed E-state index contributed by atoms with van der Waals surface area (Å²) in [6, 6.07) is 14.0. The lowest BCUT2D eigenvalue weighted by atomic mass is 9.76. The van der Waals surface area contributed by atoms with Gasteiger partial charge in [0, 0.05) is 5.92 Å². The molecule has 0 saturated carbocycles. The Bertz CT molecular complexity index is 851. The second-order valence-corrected chi connectivity index (χ2v) is 6.79. The summed E-state index contributed by atoms with van der Waals surface area (Å²) in [4.78, 5) is 0. The molecule has 0 aromatic heterocycles. The highest BCUT2D eigenvalue weighted by molar-refractivity contribution is 6.42. The van der Waals surface area contributed by atoms with Crippen molar-refractivity contribution in [3.63, 3.8) is 0 Å². The molecule has 1 aliphatic carbocycles. The van der Waals surface area contributed by atoms with Crippen LogP contribution in [0.25, 0.3) is 0 Å². The average Bonchev–Trinajstić information content (AvgIpc) is 3.06. The zero-order valence-corrected chi connectivity index (χ0v) is 13.8. The van der Waals surface area contributed by atoms with Crippen molar-refractivity contribution in [2.75, 3.05) is 5.32 Å². The smallest absolute Gasteiger partial charge is 0.101 e. The fraction of sp³-hybridized carbons (Fsp3) is 0.211. The average molecular weight is 341 g/mol. The summed E-state index contributed by atoms with van der Waals surface area (Å²) in [5.74, 6) is 0.687. The fourth-order valence-corrected chi connectivity index (χ4v) is 4.21. The van der Waals surface area contributed by atoms with Gasteiger partial charge in [-0.05, 0) is 35.6 Å². The minimum atomic E-state index is 0.0446. The van der Waals surface area contributed by atoms with E-state index < -0.39 is 0 Å². The Kier molecular flexibility index (Phi) is 3.56. The highest BCUT2D eigenvalue weighted by Gasteiger charge is 2.39. The molecule has 2 aliphatic rings. The minimum Gasteiger partial charge on any atom is -0.377 e. The summed E-state index contributed by atoms with van der Waals surface area (Å²) in [6.07, 6.45) is 5.45. The van der Waals surface area contributed by atoms with Crippen molar-refractivity contribution in [2.45, 2.75) is 18.4 Å². The number of hydrogen-bond acceptors (Lipinski definition) is 2. The number of rotatable bonds is 1. The third-order valence-corrected chi connectivity index (χ3v) is 5.67. The largest absolute Gasteiger partial charge is 0.377 e. The van der Waals surface area contributed by atoms with Crippen LogP contribution in [0, 0.1) is 17.2 Å².